The second kappa shape index (κ2) is 5.73. The molecule has 2 nitrogen and oxygen atoms in total. The van der Waals surface area contributed by atoms with Crippen LogP contribution in [0.5, 0.6) is 0 Å². The van der Waals surface area contributed by atoms with Gasteiger partial charge in [0.2, 0.25) is 5.69 Å². The molecule has 0 N–H and O–H groups in total. The Morgan fingerprint density at radius 2 is 1.60 bits per heavy atom. The van der Waals surface area contributed by atoms with Gasteiger partial charge in [0.15, 0.2) is 6.20 Å². The van der Waals surface area contributed by atoms with Gasteiger partial charge in [-0.2, -0.15) is 0 Å². The Kier molecular flexibility index (Phi) is 3.64. The van der Waals surface area contributed by atoms with Crippen molar-refractivity contribution < 1.29 is 8.98 Å². The summed E-state index contributed by atoms with van der Waals surface area (Å²) in [5.41, 5.74) is 8.10. The number of rotatable bonds is 2. The van der Waals surface area contributed by atoms with Crippen LogP contribution in [0.2, 0.25) is 0 Å². The van der Waals surface area contributed by atoms with E-state index >= 15 is 0 Å². The first-order chi connectivity index (χ1) is 12.0. The predicted octanol–water partition coefficient (Wildman–Crippen LogP) is 5.82. The number of nitrogens with zero attached hydrogens (tertiary/aromatic N) is 1. The summed E-state index contributed by atoms with van der Waals surface area (Å²) >= 11 is 0. The van der Waals surface area contributed by atoms with Gasteiger partial charge in [-0.05, 0) is 37.0 Å². The average Bonchev–Trinajstić information content (AvgIpc) is 2.95. The number of fused-ring (bicyclic) bond motifs is 3. The van der Waals surface area contributed by atoms with Crippen molar-refractivity contribution >= 4 is 21.9 Å². The Labute approximate surface area is 148 Å². The molecule has 0 aliphatic heterocycles. The number of para-hydroxylation sites is 1. The molecule has 4 rings (SSSR count). The Hall–Kier alpha value is -2.61. The zero-order chi connectivity index (χ0) is 17.7. The molecule has 2 heterocycles. The van der Waals surface area contributed by atoms with Crippen molar-refractivity contribution in [1.82, 2.24) is 0 Å². The molecule has 0 bridgehead atoms. The quantitative estimate of drug-likeness (QED) is 0.423. The summed E-state index contributed by atoms with van der Waals surface area (Å²) in [5, 5.41) is 2.38. The van der Waals surface area contributed by atoms with E-state index in [-0.39, 0.29) is 0 Å². The number of aryl methyl sites for hydroxylation is 3. The summed E-state index contributed by atoms with van der Waals surface area (Å²) in [6.07, 6.45) is 2.23. The highest BCUT2D eigenvalue weighted by molar-refractivity contribution is 6.10. The molecule has 0 atom stereocenters. The SMILES string of the molecule is Cc1ccc2c(oc3c(C)cccc32)c1-c1ccc(C(C)C)c[n+]1C. The van der Waals surface area contributed by atoms with Crippen LogP contribution in [0.3, 0.4) is 0 Å². The number of aromatic nitrogens is 1. The van der Waals surface area contributed by atoms with Crippen molar-refractivity contribution in [3.05, 3.63) is 65.4 Å². The fourth-order valence-corrected chi connectivity index (χ4v) is 3.65. The van der Waals surface area contributed by atoms with E-state index < -0.39 is 0 Å². The highest BCUT2D eigenvalue weighted by Crippen LogP contribution is 2.37. The van der Waals surface area contributed by atoms with Crippen LogP contribution in [-0.2, 0) is 7.05 Å². The molecule has 0 spiro atoms. The molecule has 0 saturated heterocycles. The van der Waals surface area contributed by atoms with Gasteiger partial charge in [0.05, 0.1) is 5.56 Å². The molecule has 2 aromatic carbocycles. The van der Waals surface area contributed by atoms with E-state index in [1.54, 1.807) is 0 Å². The van der Waals surface area contributed by atoms with Crippen LogP contribution >= 0.6 is 0 Å². The lowest BCUT2D eigenvalue weighted by Gasteiger charge is -2.08. The normalized spacial score (nSPS) is 11.8. The van der Waals surface area contributed by atoms with Crippen LogP contribution in [-0.4, -0.2) is 0 Å². The first kappa shape index (κ1) is 15.9. The third kappa shape index (κ3) is 2.44. The zero-order valence-electron chi connectivity index (χ0n) is 15.6. The predicted molar refractivity (Wildman–Crippen MR) is 104 cm³/mol. The van der Waals surface area contributed by atoms with Crippen LogP contribution in [0.1, 0.15) is 36.5 Å². The maximum atomic E-state index is 6.37. The Morgan fingerprint density at radius 3 is 2.32 bits per heavy atom. The van der Waals surface area contributed by atoms with Crippen molar-refractivity contribution in [2.24, 2.45) is 7.05 Å². The van der Waals surface area contributed by atoms with Gasteiger partial charge in [-0.3, -0.25) is 0 Å². The molecule has 0 unspecified atom stereocenters. The zero-order valence-corrected chi connectivity index (χ0v) is 15.6. The van der Waals surface area contributed by atoms with Crippen LogP contribution in [0.15, 0.2) is 53.1 Å². The topological polar surface area (TPSA) is 17.0 Å². The molecule has 2 aromatic heterocycles. The minimum absolute atomic E-state index is 0.519. The van der Waals surface area contributed by atoms with E-state index in [4.69, 9.17) is 4.42 Å². The second-order valence-corrected chi connectivity index (χ2v) is 7.30. The third-order valence-corrected chi connectivity index (χ3v) is 5.15. The molecule has 0 saturated carbocycles. The minimum atomic E-state index is 0.519. The highest BCUT2D eigenvalue weighted by Gasteiger charge is 2.21. The van der Waals surface area contributed by atoms with Gasteiger partial charge < -0.3 is 4.42 Å². The van der Waals surface area contributed by atoms with E-state index in [0.29, 0.717) is 5.92 Å². The van der Waals surface area contributed by atoms with Crippen LogP contribution in [0, 0.1) is 13.8 Å². The van der Waals surface area contributed by atoms with Crippen molar-refractivity contribution in [3.8, 4) is 11.3 Å². The van der Waals surface area contributed by atoms with Crippen LogP contribution in [0.25, 0.3) is 33.2 Å². The number of furan rings is 1. The summed E-state index contributed by atoms with van der Waals surface area (Å²) in [4.78, 5) is 0. The van der Waals surface area contributed by atoms with Gasteiger partial charge >= 0.3 is 0 Å². The molecule has 25 heavy (non-hydrogen) atoms. The van der Waals surface area contributed by atoms with E-state index in [0.717, 1.165) is 11.2 Å². The van der Waals surface area contributed by atoms with Crippen molar-refractivity contribution in [2.45, 2.75) is 33.6 Å². The number of benzene rings is 2. The van der Waals surface area contributed by atoms with Gasteiger partial charge in [-0.25, -0.2) is 4.57 Å². The van der Waals surface area contributed by atoms with Gasteiger partial charge in [0.1, 0.15) is 18.2 Å². The third-order valence-electron chi connectivity index (χ3n) is 5.15. The smallest absolute Gasteiger partial charge is 0.216 e. The van der Waals surface area contributed by atoms with Crippen molar-refractivity contribution in [2.75, 3.05) is 0 Å². The second-order valence-electron chi connectivity index (χ2n) is 7.30. The standard InChI is InChI=1S/C23H24NO/c1-14(2)17-10-12-20(24(5)13-17)21-15(3)9-11-19-18-8-6-7-16(4)22(18)25-23(19)21/h6-14H,1-5H3/q+1. The number of hydrogen-bond donors (Lipinski definition) is 0. The summed E-state index contributed by atoms with van der Waals surface area (Å²) < 4.78 is 8.59. The largest absolute Gasteiger partial charge is 0.455 e. The summed E-state index contributed by atoms with van der Waals surface area (Å²) in [5.74, 6) is 0.519. The van der Waals surface area contributed by atoms with Gasteiger partial charge in [-0.15, -0.1) is 0 Å². The highest BCUT2D eigenvalue weighted by atomic mass is 16.3. The molecule has 0 aliphatic rings. The van der Waals surface area contributed by atoms with E-state index in [9.17, 15) is 0 Å². The minimum Gasteiger partial charge on any atom is -0.455 e. The van der Waals surface area contributed by atoms with Crippen molar-refractivity contribution in [3.63, 3.8) is 0 Å². The van der Waals surface area contributed by atoms with E-state index in [1.165, 1.54) is 38.7 Å². The first-order valence-electron chi connectivity index (χ1n) is 8.88. The molecular formula is C23H24NO+. The molecule has 2 heteroatoms. The summed E-state index contributed by atoms with van der Waals surface area (Å²) in [6.45, 7) is 8.71. The maximum absolute atomic E-state index is 6.37. The van der Waals surface area contributed by atoms with Gasteiger partial charge in [0, 0.05) is 22.4 Å². The maximum Gasteiger partial charge on any atom is 0.216 e. The molecular weight excluding hydrogens is 306 g/mol. The monoisotopic (exact) mass is 330 g/mol. The van der Waals surface area contributed by atoms with E-state index in [1.807, 2.05) is 0 Å². The van der Waals surface area contributed by atoms with E-state index in [2.05, 4.69) is 88.0 Å². The van der Waals surface area contributed by atoms with Crippen LogP contribution in [0.4, 0.5) is 0 Å². The molecule has 0 radical (unpaired) electrons. The van der Waals surface area contributed by atoms with Gasteiger partial charge in [0.25, 0.3) is 0 Å². The lowest BCUT2D eigenvalue weighted by Crippen LogP contribution is -2.31. The Balaban J connectivity index is 2.06. The lowest BCUT2D eigenvalue weighted by atomic mass is 9.98. The Morgan fingerprint density at radius 1 is 0.840 bits per heavy atom. The average molecular weight is 330 g/mol. The molecule has 0 amide bonds. The number of pyridine rings is 1. The molecule has 0 fully saturated rings. The van der Waals surface area contributed by atoms with Gasteiger partial charge in [-0.1, -0.05) is 44.2 Å². The van der Waals surface area contributed by atoms with Crippen molar-refractivity contribution in [1.29, 1.82) is 0 Å². The number of hydrogen-bond acceptors (Lipinski definition) is 1. The fraction of sp³-hybridized carbons (Fsp3) is 0.261. The van der Waals surface area contributed by atoms with Crippen LogP contribution < -0.4 is 4.57 Å². The lowest BCUT2D eigenvalue weighted by molar-refractivity contribution is -0.660. The fourth-order valence-electron chi connectivity index (χ4n) is 3.65. The summed E-state index contributed by atoms with van der Waals surface area (Å²) in [6, 6.07) is 15.2. The summed E-state index contributed by atoms with van der Waals surface area (Å²) in [7, 11) is 2.12. The first-order valence-corrected chi connectivity index (χ1v) is 8.88. The Bertz CT molecular complexity index is 1100. The molecule has 126 valence electrons. The molecule has 0 aliphatic carbocycles. The molecule has 4 aromatic rings.